The lowest BCUT2D eigenvalue weighted by Crippen LogP contribution is -2.49. The molecule has 2 amide bonds. The van der Waals surface area contributed by atoms with Gasteiger partial charge in [0.05, 0.1) is 32.0 Å². The smallest absolute Gasteiger partial charge is 0.289 e. The predicted molar refractivity (Wildman–Crippen MR) is 139 cm³/mol. The molecule has 1 atom stereocenters. The third kappa shape index (κ3) is 5.92. The lowest BCUT2D eigenvalue weighted by Gasteiger charge is -2.34. The highest BCUT2D eigenvalue weighted by atomic mass is 16.5. The molecule has 0 unspecified atom stereocenters. The fourth-order valence-electron chi connectivity index (χ4n) is 4.19. The number of fused-ring (bicyclic) bond motifs is 1. The molecule has 1 aromatic carbocycles. The topological polar surface area (TPSA) is 162 Å². The van der Waals surface area contributed by atoms with Crippen molar-refractivity contribution < 1.29 is 23.5 Å². The summed E-state index contributed by atoms with van der Waals surface area (Å²) in [6, 6.07) is 6.12. The molecule has 1 saturated heterocycles. The van der Waals surface area contributed by atoms with Crippen LogP contribution in [0.2, 0.25) is 0 Å². The number of nitrogens with zero attached hydrogens (tertiary/aromatic N) is 4. The molecule has 1 aliphatic rings. The number of ether oxygens (including phenoxy) is 2. The number of nitrogens with one attached hydrogen (secondary N) is 1. The normalized spacial score (nSPS) is 14.5. The van der Waals surface area contributed by atoms with Crippen LogP contribution in [0, 0.1) is 0 Å². The molecule has 1 fully saturated rings. The number of hydrogen-bond acceptors (Lipinski definition) is 10. The van der Waals surface area contributed by atoms with Crippen molar-refractivity contribution >= 4 is 34.5 Å². The molecule has 4 rings (SSSR count). The van der Waals surface area contributed by atoms with Crippen molar-refractivity contribution in [3.05, 3.63) is 36.3 Å². The van der Waals surface area contributed by atoms with E-state index in [1.165, 1.54) is 13.4 Å². The van der Waals surface area contributed by atoms with Crippen LogP contribution in [-0.4, -0.2) is 79.7 Å². The fourth-order valence-corrected chi connectivity index (χ4v) is 4.19. The average molecular weight is 512 g/mol. The molecule has 12 heteroatoms. The second-order valence-corrected chi connectivity index (χ2v) is 8.73. The van der Waals surface area contributed by atoms with E-state index in [9.17, 15) is 9.59 Å². The third-order valence-electron chi connectivity index (χ3n) is 6.32. The van der Waals surface area contributed by atoms with Gasteiger partial charge in [0.25, 0.3) is 5.91 Å². The second kappa shape index (κ2) is 11.9. The van der Waals surface area contributed by atoms with E-state index < -0.39 is 6.04 Å². The standard InChI is InChI=1S/C25H33N7O5/c1-35-20-14-16-18(15-21(20)36-2)28-25(30-22(16)29-23(33)17(27)6-3-4-8-26)32-11-9-31(10-12-32)24(34)19-7-5-13-37-19/h5,7,13-15,17H,3-4,6,8-12,26-27H2,1-2H3,(H,28,29,30,33)/t17-/m0/s1. The van der Waals surface area contributed by atoms with Crippen LogP contribution in [0.25, 0.3) is 10.9 Å². The summed E-state index contributed by atoms with van der Waals surface area (Å²) in [6.07, 6.45) is 3.55. The number of nitrogens with two attached hydrogens (primary N) is 2. The molecular weight excluding hydrogens is 478 g/mol. The molecule has 3 aromatic rings. The lowest BCUT2D eigenvalue weighted by atomic mass is 10.1. The monoisotopic (exact) mass is 511 g/mol. The largest absolute Gasteiger partial charge is 0.493 e. The van der Waals surface area contributed by atoms with Gasteiger partial charge in [-0.1, -0.05) is 6.42 Å². The average Bonchev–Trinajstić information content (AvgIpc) is 3.47. The molecule has 0 bridgehead atoms. The number of carbonyl (C=O) groups excluding carboxylic acids is 2. The Labute approximate surface area is 214 Å². The van der Waals surface area contributed by atoms with Crippen LogP contribution in [0.15, 0.2) is 34.9 Å². The van der Waals surface area contributed by atoms with E-state index in [0.717, 1.165) is 12.8 Å². The molecule has 0 saturated carbocycles. The number of rotatable bonds is 10. The Morgan fingerprint density at radius 3 is 2.49 bits per heavy atom. The first-order valence-electron chi connectivity index (χ1n) is 12.2. The zero-order valence-electron chi connectivity index (χ0n) is 21.1. The summed E-state index contributed by atoms with van der Waals surface area (Å²) in [7, 11) is 3.08. The Kier molecular flexibility index (Phi) is 8.41. The Morgan fingerprint density at radius 1 is 1.11 bits per heavy atom. The molecule has 0 radical (unpaired) electrons. The maximum atomic E-state index is 12.9. The summed E-state index contributed by atoms with van der Waals surface area (Å²) in [5.74, 6) is 1.56. The van der Waals surface area contributed by atoms with E-state index in [1.807, 2.05) is 4.90 Å². The minimum absolute atomic E-state index is 0.155. The minimum Gasteiger partial charge on any atom is -0.493 e. The van der Waals surface area contributed by atoms with Gasteiger partial charge in [0, 0.05) is 37.6 Å². The molecule has 5 N–H and O–H groups in total. The fraction of sp³-hybridized carbons (Fsp3) is 0.440. The zero-order valence-corrected chi connectivity index (χ0v) is 21.1. The van der Waals surface area contributed by atoms with E-state index in [1.54, 1.807) is 36.3 Å². The summed E-state index contributed by atoms with van der Waals surface area (Å²) >= 11 is 0. The molecule has 12 nitrogen and oxygen atoms in total. The Morgan fingerprint density at radius 2 is 1.84 bits per heavy atom. The van der Waals surface area contributed by atoms with E-state index >= 15 is 0 Å². The van der Waals surface area contributed by atoms with Crippen molar-refractivity contribution in [3.63, 3.8) is 0 Å². The minimum atomic E-state index is -0.698. The summed E-state index contributed by atoms with van der Waals surface area (Å²) in [5, 5.41) is 3.47. The quantitative estimate of drug-likeness (QED) is 0.341. The van der Waals surface area contributed by atoms with Crippen LogP contribution in [0.3, 0.4) is 0 Å². The molecule has 1 aliphatic heterocycles. The van der Waals surface area contributed by atoms with Crippen LogP contribution in [0.4, 0.5) is 11.8 Å². The molecule has 0 aliphatic carbocycles. The summed E-state index contributed by atoms with van der Waals surface area (Å²) in [5.41, 5.74) is 12.2. The number of methoxy groups -OCH3 is 2. The van der Waals surface area contributed by atoms with Gasteiger partial charge in [0.15, 0.2) is 17.3 Å². The van der Waals surface area contributed by atoms with Crippen molar-refractivity contribution in [1.29, 1.82) is 0 Å². The van der Waals surface area contributed by atoms with E-state index in [2.05, 4.69) is 10.3 Å². The van der Waals surface area contributed by atoms with Gasteiger partial charge < -0.3 is 40.5 Å². The van der Waals surface area contributed by atoms with Gasteiger partial charge in [-0.05, 0) is 37.6 Å². The van der Waals surface area contributed by atoms with Crippen LogP contribution in [-0.2, 0) is 4.79 Å². The number of hydrogen-bond donors (Lipinski definition) is 3. The number of benzene rings is 1. The first kappa shape index (κ1) is 26.2. The van der Waals surface area contributed by atoms with Crippen LogP contribution in [0.5, 0.6) is 11.5 Å². The summed E-state index contributed by atoms with van der Waals surface area (Å²) in [4.78, 5) is 38.6. The number of anilines is 2. The number of aromatic nitrogens is 2. The van der Waals surface area contributed by atoms with E-state index in [-0.39, 0.29) is 11.8 Å². The molecule has 0 spiro atoms. The molecule has 3 heterocycles. The highest BCUT2D eigenvalue weighted by Crippen LogP contribution is 2.35. The number of amides is 2. The van der Waals surface area contributed by atoms with Crippen molar-refractivity contribution in [1.82, 2.24) is 14.9 Å². The Balaban J connectivity index is 1.60. The zero-order chi connectivity index (χ0) is 26.4. The Bertz CT molecular complexity index is 1230. The SMILES string of the molecule is COc1cc2nc(N3CCN(C(=O)c4ccco4)CC3)nc(NC(=O)[C@@H](N)CCCCN)c2cc1OC. The van der Waals surface area contributed by atoms with Crippen LogP contribution in [0.1, 0.15) is 29.8 Å². The highest BCUT2D eigenvalue weighted by Gasteiger charge is 2.26. The van der Waals surface area contributed by atoms with Gasteiger partial charge in [-0.3, -0.25) is 9.59 Å². The van der Waals surface area contributed by atoms with Crippen molar-refractivity contribution in [3.8, 4) is 11.5 Å². The van der Waals surface area contributed by atoms with Gasteiger partial charge in [-0.25, -0.2) is 4.98 Å². The van der Waals surface area contributed by atoms with E-state index in [0.29, 0.717) is 79.1 Å². The second-order valence-electron chi connectivity index (χ2n) is 8.73. The Hall–Kier alpha value is -3.90. The van der Waals surface area contributed by atoms with Gasteiger partial charge in [-0.2, -0.15) is 4.98 Å². The first-order valence-corrected chi connectivity index (χ1v) is 12.2. The van der Waals surface area contributed by atoms with Crippen molar-refractivity contribution in [2.75, 3.05) is 57.2 Å². The van der Waals surface area contributed by atoms with Crippen LogP contribution < -0.4 is 31.2 Å². The van der Waals surface area contributed by atoms with Crippen LogP contribution >= 0.6 is 0 Å². The van der Waals surface area contributed by atoms with Gasteiger partial charge in [-0.15, -0.1) is 0 Å². The predicted octanol–water partition coefficient (Wildman–Crippen LogP) is 1.60. The van der Waals surface area contributed by atoms with Crippen molar-refractivity contribution in [2.24, 2.45) is 11.5 Å². The molecule has 198 valence electrons. The van der Waals surface area contributed by atoms with Gasteiger partial charge >= 0.3 is 0 Å². The lowest BCUT2D eigenvalue weighted by molar-refractivity contribution is -0.117. The van der Waals surface area contributed by atoms with Gasteiger partial charge in [0.2, 0.25) is 11.9 Å². The third-order valence-corrected chi connectivity index (χ3v) is 6.32. The summed E-state index contributed by atoms with van der Waals surface area (Å²) in [6.45, 7) is 2.52. The van der Waals surface area contributed by atoms with E-state index in [4.69, 9.17) is 30.3 Å². The number of unbranched alkanes of at least 4 members (excludes halogenated alkanes) is 1. The molecular formula is C25H33N7O5. The number of carbonyl (C=O) groups is 2. The summed E-state index contributed by atoms with van der Waals surface area (Å²) < 4.78 is 16.1. The van der Waals surface area contributed by atoms with Gasteiger partial charge in [0.1, 0.15) is 5.82 Å². The maximum absolute atomic E-state index is 12.9. The number of piperazine rings is 1. The van der Waals surface area contributed by atoms with Crippen molar-refractivity contribution in [2.45, 2.75) is 25.3 Å². The maximum Gasteiger partial charge on any atom is 0.289 e. The first-order chi connectivity index (χ1) is 17.9. The number of furan rings is 1. The molecule has 37 heavy (non-hydrogen) atoms. The highest BCUT2D eigenvalue weighted by molar-refractivity contribution is 6.02. The molecule has 2 aromatic heterocycles.